The summed E-state index contributed by atoms with van der Waals surface area (Å²) in [6, 6.07) is 8.12. The number of halogens is 1. The first-order valence-electron chi connectivity index (χ1n) is 12.1. The van der Waals surface area contributed by atoms with Crippen LogP contribution >= 0.6 is 0 Å². The zero-order valence-electron chi connectivity index (χ0n) is 21.3. The molecule has 0 radical (unpaired) electrons. The highest BCUT2D eigenvalue weighted by Gasteiger charge is 2.27. The van der Waals surface area contributed by atoms with Gasteiger partial charge in [-0.3, -0.25) is 4.79 Å². The number of ether oxygens (including phenoxy) is 5. The van der Waals surface area contributed by atoms with Gasteiger partial charge in [-0.05, 0) is 46.9 Å². The van der Waals surface area contributed by atoms with E-state index >= 15 is 0 Å². The third-order valence-corrected chi connectivity index (χ3v) is 5.82. The molecule has 1 N–H and O–H groups in total. The molecule has 2 aromatic rings. The van der Waals surface area contributed by atoms with Crippen LogP contribution in [0, 0.1) is 5.82 Å². The molecular formula is C28H35FO7. The van der Waals surface area contributed by atoms with Crippen molar-refractivity contribution in [2.45, 2.75) is 44.8 Å². The lowest BCUT2D eigenvalue weighted by atomic mass is 9.88. The summed E-state index contributed by atoms with van der Waals surface area (Å²) in [4.78, 5) is 11.9. The summed E-state index contributed by atoms with van der Waals surface area (Å²) in [5.41, 5.74) is 3.27. The summed E-state index contributed by atoms with van der Waals surface area (Å²) in [5, 5.41) is 10.0. The fourth-order valence-corrected chi connectivity index (χ4v) is 4.08. The molecule has 0 aliphatic carbocycles. The average molecular weight is 503 g/mol. The lowest BCUT2D eigenvalue weighted by Crippen LogP contribution is -2.31. The fourth-order valence-electron chi connectivity index (χ4n) is 4.08. The summed E-state index contributed by atoms with van der Waals surface area (Å²) < 4.78 is 41.8. The topological polar surface area (TPSA) is 83.5 Å². The van der Waals surface area contributed by atoms with E-state index in [1.165, 1.54) is 12.1 Å². The molecule has 196 valence electrons. The second-order valence-corrected chi connectivity index (χ2v) is 8.91. The third-order valence-electron chi connectivity index (χ3n) is 5.82. The van der Waals surface area contributed by atoms with Gasteiger partial charge in [0.1, 0.15) is 25.1 Å². The Morgan fingerprint density at radius 3 is 2.36 bits per heavy atom. The van der Waals surface area contributed by atoms with E-state index in [1.807, 2.05) is 12.1 Å². The van der Waals surface area contributed by atoms with E-state index in [1.54, 1.807) is 32.4 Å². The SMILES string of the molecule is COCCOc1cc(C(C)C)c(C=CC2CC(O)CC(=O)O2)c(-c2ccc(F)cc2)c1OCCOC. The van der Waals surface area contributed by atoms with Gasteiger partial charge in [0.15, 0.2) is 11.5 Å². The first-order valence-corrected chi connectivity index (χ1v) is 12.1. The number of rotatable bonds is 12. The second kappa shape index (κ2) is 13.4. The summed E-state index contributed by atoms with van der Waals surface area (Å²) in [6.45, 7) is 5.50. The molecule has 1 heterocycles. The summed E-state index contributed by atoms with van der Waals surface area (Å²) in [7, 11) is 3.20. The molecule has 0 spiro atoms. The number of methoxy groups -OCH3 is 2. The number of esters is 1. The Kier molecular flexibility index (Phi) is 10.3. The van der Waals surface area contributed by atoms with Crippen molar-refractivity contribution in [3.8, 4) is 22.6 Å². The van der Waals surface area contributed by atoms with E-state index in [2.05, 4.69) is 13.8 Å². The Morgan fingerprint density at radius 1 is 1.08 bits per heavy atom. The van der Waals surface area contributed by atoms with Crippen LogP contribution in [0.3, 0.4) is 0 Å². The lowest BCUT2D eigenvalue weighted by Gasteiger charge is -2.25. The molecule has 3 rings (SSSR count). The van der Waals surface area contributed by atoms with Crippen LogP contribution in [0.2, 0.25) is 0 Å². The van der Waals surface area contributed by atoms with Gasteiger partial charge in [0.2, 0.25) is 0 Å². The average Bonchev–Trinajstić information content (AvgIpc) is 2.83. The predicted octanol–water partition coefficient (Wildman–Crippen LogP) is 4.75. The smallest absolute Gasteiger partial charge is 0.309 e. The Bertz CT molecular complexity index is 1030. The molecule has 0 saturated carbocycles. The Balaban J connectivity index is 2.19. The largest absolute Gasteiger partial charge is 0.487 e. The highest BCUT2D eigenvalue weighted by atomic mass is 19.1. The standard InChI is InChI=1S/C28H35FO7/c1-18(2)24-17-25(34-13-11-32-3)28(35-14-12-33-4)27(19-5-7-20(29)8-6-19)23(24)10-9-22-15-21(30)16-26(31)36-22/h5-10,17-18,21-22,30H,11-16H2,1-4H3. The van der Waals surface area contributed by atoms with Gasteiger partial charge in [0.05, 0.1) is 25.7 Å². The molecule has 2 atom stereocenters. The number of benzene rings is 2. The number of carbonyl (C=O) groups is 1. The van der Waals surface area contributed by atoms with Crippen molar-refractivity contribution in [1.82, 2.24) is 0 Å². The molecule has 1 aliphatic heterocycles. The maximum atomic E-state index is 13.8. The van der Waals surface area contributed by atoms with Crippen molar-refractivity contribution >= 4 is 12.0 Å². The van der Waals surface area contributed by atoms with Crippen molar-refractivity contribution in [2.24, 2.45) is 0 Å². The minimum atomic E-state index is -0.744. The van der Waals surface area contributed by atoms with Gasteiger partial charge >= 0.3 is 5.97 Å². The summed E-state index contributed by atoms with van der Waals surface area (Å²) in [5.74, 6) is 0.359. The molecule has 0 aromatic heterocycles. The van der Waals surface area contributed by atoms with Crippen LogP contribution in [0.1, 0.15) is 43.7 Å². The van der Waals surface area contributed by atoms with Crippen LogP contribution in [-0.4, -0.2) is 63.9 Å². The zero-order chi connectivity index (χ0) is 26.1. The van der Waals surface area contributed by atoms with Crippen molar-refractivity contribution in [1.29, 1.82) is 0 Å². The molecule has 1 saturated heterocycles. The molecule has 7 nitrogen and oxygen atoms in total. The van der Waals surface area contributed by atoms with Crippen molar-refractivity contribution in [3.63, 3.8) is 0 Å². The molecule has 1 aliphatic rings. The zero-order valence-corrected chi connectivity index (χ0v) is 21.3. The third kappa shape index (κ3) is 7.29. The second-order valence-electron chi connectivity index (χ2n) is 8.91. The van der Waals surface area contributed by atoms with Crippen molar-refractivity contribution in [2.75, 3.05) is 40.6 Å². The molecule has 2 aromatic carbocycles. The molecule has 0 bridgehead atoms. The minimum absolute atomic E-state index is 0.00654. The van der Waals surface area contributed by atoms with Crippen LogP contribution in [0.25, 0.3) is 17.2 Å². The van der Waals surface area contributed by atoms with Crippen LogP contribution in [-0.2, 0) is 19.0 Å². The normalized spacial score (nSPS) is 18.0. The quantitative estimate of drug-likeness (QED) is 0.331. The number of hydrogen-bond donors (Lipinski definition) is 1. The van der Waals surface area contributed by atoms with Gasteiger partial charge in [0, 0.05) is 26.2 Å². The van der Waals surface area contributed by atoms with Gasteiger partial charge in [-0.25, -0.2) is 4.39 Å². The first-order chi connectivity index (χ1) is 17.3. The van der Waals surface area contributed by atoms with E-state index in [0.29, 0.717) is 37.7 Å². The number of aliphatic hydroxyl groups is 1. The van der Waals surface area contributed by atoms with Gasteiger partial charge < -0.3 is 28.8 Å². The first kappa shape index (κ1) is 27.6. The van der Waals surface area contributed by atoms with Crippen molar-refractivity contribution in [3.05, 3.63) is 53.4 Å². The number of carbonyl (C=O) groups excluding carboxylic acids is 1. The Morgan fingerprint density at radius 2 is 1.75 bits per heavy atom. The Hall–Kier alpha value is -2.94. The van der Waals surface area contributed by atoms with Gasteiger partial charge in [-0.1, -0.05) is 32.1 Å². The van der Waals surface area contributed by atoms with Crippen LogP contribution in [0.4, 0.5) is 4.39 Å². The minimum Gasteiger partial charge on any atom is -0.487 e. The van der Waals surface area contributed by atoms with Crippen LogP contribution in [0.5, 0.6) is 11.5 Å². The van der Waals surface area contributed by atoms with Crippen LogP contribution in [0.15, 0.2) is 36.4 Å². The number of aliphatic hydroxyl groups excluding tert-OH is 1. The molecule has 2 unspecified atom stereocenters. The molecule has 0 amide bonds. The molecule has 36 heavy (non-hydrogen) atoms. The van der Waals surface area contributed by atoms with E-state index in [9.17, 15) is 14.3 Å². The highest BCUT2D eigenvalue weighted by molar-refractivity contribution is 5.85. The van der Waals surface area contributed by atoms with Crippen LogP contribution < -0.4 is 9.47 Å². The fraction of sp³-hybridized carbons (Fsp3) is 0.464. The van der Waals surface area contributed by atoms with Gasteiger partial charge in [0.25, 0.3) is 0 Å². The van der Waals surface area contributed by atoms with Gasteiger partial charge in [-0.2, -0.15) is 0 Å². The van der Waals surface area contributed by atoms with E-state index in [0.717, 1.165) is 22.3 Å². The highest BCUT2D eigenvalue weighted by Crippen LogP contribution is 2.45. The Labute approximate surface area is 211 Å². The molecule has 8 heteroatoms. The monoisotopic (exact) mass is 502 g/mol. The maximum absolute atomic E-state index is 13.8. The number of cyclic esters (lactones) is 1. The molecule has 1 fully saturated rings. The lowest BCUT2D eigenvalue weighted by molar-refractivity contribution is -0.156. The summed E-state index contributed by atoms with van der Waals surface area (Å²) in [6.07, 6.45) is 2.67. The van der Waals surface area contributed by atoms with E-state index < -0.39 is 18.2 Å². The van der Waals surface area contributed by atoms with E-state index in [-0.39, 0.29) is 24.8 Å². The molecular weight excluding hydrogens is 467 g/mol. The predicted molar refractivity (Wildman–Crippen MR) is 135 cm³/mol. The van der Waals surface area contributed by atoms with Crippen molar-refractivity contribution < 1.29 is 38.0 Å². The van der Waals surface area contributed by atoms with Gasteiger partial charge in [-0.15, -0.1) is 0 Å². The summed E-state index contributed by atoms with van der Waals surface area (Å²) >= 11 is 0. The van der Waals surface area contributed by atoms with E-state index in [4.69, 9.17) is 23.7 Å². The number of hydrogen-bond acceptors (Lipinski definition) is 7. The maximum Gasteiger partial charge on any atom is 0.309 e.